The van der Waals surface area contributed by atoms with Crippen LogP contribution in [0.1, 0.15) is 0 Å². The molecular weight excluding hydrogens is 458 g/mol. The Balaban J connectivity index is 1.41. The maximum Gasteiger partial charge on any atom is 0.264 e. The summed E-state index contributed by atoms with van der Waals surface area (Å²) in [7, 11) is -3.81. The highest BCUT2D eigenvalue weighted by Gasteiger charge is 2.15. The standard InChI is InChI=1S/C23H19N5O3S2/c29-33(30,28-22-24-15-6-16-25-22)19-13-11-17(12-14-19)26-23(32)27-20-9-4-5-10-21(20)31-18-7-2-1-3-8-18/h1-16H,(H,24,25,28)(H2,26,27,32). The van der Waals surface area contributed by atoms with E-state index in [0.29, 0.717) is 28.0 Å². The van der Waals surface area contributed by atoms with Crippen molar-refractivity contribution in [2.24, 2.45) is 0 Å². The molecule has 10 heteroatoms. The second-order valence-electron chi connectivity index (χ2n) is 6.69. The molecular formula is C23H19N5O3S2. The number of thiocarbonyl (C=S) groups is 1. The van der Waals surface area contributed by atoms with Gasteiger partial charge in [0.1, 0.15) is 5.75 Å². The third-order valence-corrected chi connectivity index (χ3v) is 5.87. The van der Waals surface area contributed by atoms with Gasteiger partial charge in [-0.2, -0.15) is 0 Å². The average Bonchev–Trinajstić information content (AvgIpc) is 2.82. The lowest BCUT2D eigenvalue weighted by Gasteiger charge is -2.15. The first-order valence-corrected chi connectivity index (χ1v) is 11.7. The fourth-order valence-corrected chi connectivity index (χ4v) is 3.99. The Morgan fingerprint density at radius 3 is 2.18 bits per heavy atom. The van der Waals surface area contributed by atoms with Crippen molar-refractivity contribution in [3.63, 3.8) is 0 Å². The van der Waals surface area contributed by atoms with Gasteiger partial charge in [0.25, 0.3) is 10.0 Å². The van der Waals surface area contributed by atoms with Gasteiger partial charge in [0, 0.05) is 18.1 Å². The van der Waals surface area contributed by atoms with Crippen molar-refractivity contribution >= 4 is 44.7 Å². The smallest absolute Gasteiger partial charge is 0.264 e. The van der Waals surface area contributed by atoms with E-state index in [9.17, 15) is 8.42 Å². The van der Waals surface area contributed by atoms with E-state index in [0.717, 1.165) is 0 Å². The second kappa shape index (κ2) is 10.1. The number of anilines is 3. The molecule has 0 fully saturated rings. The summed E-state index contributed by atoms with van der Waals surface area (Å²) in [6.07, 6.45) is 2.91. The lowest BCUT2D eigenvalue weighted by molar-refractivity contribution is 0.485. The number of nitrogens with one attached hydrogen (secondary N) is 3. The Bertz CT molecular complexity index is 1330. The molecule has 0 spiro atoms. The van der Waals surface area contributed by atoms with Crippen LogP contribution in [0.2, 0.25) is 0 Å². The largest absolute Gasteiger partial charge is 0.455 e. The van der Waals surface area contributed by atoms with Gasteiger partial charge in [-0.25, -0.2) is 23.1 Å². The number of hydrogen-bond acceptors (Lipinski definition) is 6. The van der Waals surface area contributed by atoms with Crippen LogP contribution in [0, 0.1) is 0 Å². The van der Waals surface area contributed by atoms with E-state index in [4.69, 9.17) is 17.0 Å². The van der Waals surface area contributed by atoms with Gasteiger partial charge >= 0.3 is 0 Å². The summed E-state index contributed by atoms with van der Waals surface area (Å²) in [5.41, 5.74) is 1.30. The predicted molar refractivity (Wildman–Crippen MR) is 132 cm³/mol. The minimum atomic E-state index is -3.81. The Labute approximate surface area is 196 Å². The molecule has 0 saturated heterocycles. The van der Waals surface area contributed by atoms with Gasteiger partial charge in [0.15, 0.2) is 10.9 Å². The van der Waals surface area contributed by atoms with Gasteiger partial charge in [-0.15, -0.1) is 0 Å². The van der Waals surface area contributed by atoms with Crippen LogP contribution in [0.15, 0.2) is 102 Å². The number of nitrogens with zero attached hydrogens (tertiary/aromatic N) is 2. The van der Waals surface area contributed by atoms with Crippen LogP contribution >= 0.6 is 12.2 Å². The summed E-state index contributed by atoms with van der Waals surface area (Å²) in [5, 5.41) is 6.46. The van der Waals surface area contributed by atoms with E-state index in [1.54, 1.807) is 18.2 Å². The van der Waals surface area contributed by atoms with Gasteiger partial charge in [0.2, 0.25) is 5.95 Å². The van der Waals surface area contributed by atoms with E-state index in [1.807, 2.05) is 54.6 Å². The molecule has 4 aromatic rings. The summed E-state index contributed by atoms with van der Waals surface area (Å²) in [5.74, 6) is 1.32. The SMILES string of the molecule is O=S(=O)(Nc1ncccn1)c1ccc(NC(=S)Nc2ccccc2Oc2ccccc2)cc1. The van der Waals surface area contributed by atoms with Crippen molar-refractivity contribution in [2.45, 2.75) is 4.90 Å². The summed E-state index contributed by atoms with van der Waals surface area (Å²) in [4.78, 5) is 7.81. The van der Waals surface area contributed by atoms with Crippen molar-refractivity contribution < 1.29 is 13.2 Å². The quantitative estimate of drug-likeness (QED) is 0.324. The third kappa shape index (κ3) is 6.03. The Morgan fingerprint density at radius 2 is 1.45 bits per heavy atom. The number of para-hydroxylation sites is 3. The number of aromatic nitrogens is 2. The number of benzene rings is 3. The third-order valence-electron chi connectivity index (χ3n) is 4.32. The summed E-state index contributed by atoms with van der Waals surface area (Å²) >= 11 is 5.41. The molecule has 0 unspecified atom stereocenters. The van der Waals surface area contributed by atoms with E-state index in [-0.39, 0.29) is 10.8 Å². The zero-order valence-electron chi connectivity index (χ0n) is 17.2. The normalized spacial score (nSPS) is 10.8. The highest BCUT2D eigenvalue weighted by atomic mass is 32.2. The van der Waals surface area contributed by atoms with Crippen LogP contribution < -0.4 is 20.1 Å². The first-order chi connectivity index (χ1) is 16.0. The first-order valence-electron chi connectivity index (χ1n) is 9.79. The molecule has 166 valence electrons. The van der Waals surface area contributed by atoms with Crippen molar-refractivity contribution in [3.05, 3.63) is 97.3 Å². The molecule has 1 aromatic heterocycles. The molecule has 0 atom stereocenters. The Kier molecular flexibility index (Phi) is 6.77. The molecule has 0 bridgehead atoms. The van der Waals surface area contributed by atoms with Gasteiger partial charge in [-0.3, -0.25) is 0 Å². The maximum absolute atomic E-state index is 12.5. The lowest BCUT2D eigenvalue weighted by Crippen LogP contribution is -2.19. The van der Waals surface area contributed by atoms with Gasteiger partial charge in [-0.05, 0) is 66.8 Å². The predicted octanol–water partition coefficient (Wildman–Crippen LogP) is 4.88. The number of sulfonamides is 1. The van der Waals surface area contributed by atoms with Crippen LogP contribution in [0.3, 0.4) is 0 Å². The summed E-state index contributed by atoms with van der Waals surface area (Å²) < 4.78 is 33.3. The van der Waals surface area contributed by atoms with Crippen molar-refractivity contribution in [1.82, 2.24) is 9.97 Å². The molecule has 0 aliphatic heterocycles. The van der Waals surface area contributed by atoms with Crippen molar-refractivity contribution in [3.8, 4) is 11.5 Å². The minimum Gasteiger partial charge on any atom is -0.455 e. The fraction of sp³-hybridized carbons (Fsp3) is 0. The highest BCUT2D eigenvalue weighted by molar-refractivity contribution is 7.92. The molecule has 1 heterocycles. The summed E-state index contributed by atoms with van der Waals surface area (Å²) in [6.45, 7) is 0. The fourth-order valence-electron chi connectivity index (χ4n) is 2.81. The van der Waals surface area contributed by atoms with Crippen LogP contribution in [-0.2, 0) is 10.0 Å². The van der Waals surface area contributed by atoms with Gasteiger partial charge in [0.05, 0.1) is 10.6 Å². The zero-order chi connectivity index (χ0) is 23.1. The molecule has 0 amide bonds. The Morgan fingerprint density at radius 1 is 0.788 bits per heavy atom. The van der Waals surface area contributed by atoms with Crippen molar-refractivity contribution in [2.75, 3.05) is 15.4 Å². The monoisotopic (exact) mass is 477 g/mol. The highest BCUT2D eigenvalue weighted by Crippen LogP contribution is 2.29. The maximum atomic E-state index is 12.5. The van der Waals surface area contributed by atoms with Crippen molar-refractivity contribution in [1.29, 1.82) is 0 Å². The molecule has 8 nitrogen and oxygen atoms in total. The minimum absolute atomic E-state index is 0.00136. The van der Waals surface area contributed by atoms with Gasteiger partial charge < -0.3 is 15.4 Å². The number of rotatable bonds is 7. The molecule has 3 N–H and O–H groups in total. The number of hydrogen-bond donors (Lipinski definition) is 3. The van der Waals surface area contributed by atoms with Gasteiger partial charge in [-0.1, -0.05) is 30.3 Å². The van der Waals surface area contributed by atoms with Crippen LogP contribution in [-0.4, -0.2) is 23.5 Å². The summed E-state index contributed by atoms with van der Waals surface area (Å²) in [6, 6.07) is 24.6. The molecule has 4 rings (SSSR count). The molecule has 0 aliphatic rings. The van der Waals surface area contributed by atoms with Crippen LogP contribution in [0.25, 0.3) is 0 Å². The number of ether oxygens (including phenoxy) is 1. The van der Waals surface area contributed by atoms with E-state index < -0.39 is 10.0 Å². The second-order valence-corrected chi connectivity index (χ2v) is 8.78. The first kappa shape index (κ1) is 22.2. The average molecular weight is 478 g/mol. The van der Waals surface area contributed by atoms with E-state index in [2.05, 4.69) is 25.3 Å². The topological polar surface area (TPSA) is 105 Å². The Hall–Kier alpha value is -4.02. The molecule has 0 aliphatic carbocycles. The molecule has 0 saturated carbocycles. The van der Waals surface area contributed by atoms with Crippen LogP contribution in [0.4, 0.5) is 17.3 Å². The zero-order valence-corrected chi connectivity index (χ0v) is 18.8. The molecule has 3 aromatic carbocycles. The lowest BCUT2D eigenvalue weighted by atomic mass is 10.3. The van der Waals surface area contributed by atoms with E-state index in [1.165, 1.54) is 24.5 Å². The van der Waals surface area contributed by atoms with Crippen LogP contribution in [0.5, 0.6) is 11.5 Å². The molecule has 33 heavy (non-hydrogen) atoms. The molecule has 0 radical (unpaired) electrons. The van der Waals surface area contributed by atoms with E-state index >= 15 is 0 Å².